The van der Waals surface area contributed by atoms with Crippen LogP contribution in [0.4, 0.5) is 17.6 Å². The average molecular weight is 385 g/mol. The van der Waals surface area contributed by atoms with Gasteiger partial charge < -0.3 is 8.92 Å². The Kier molecular flexibility index (Phi) is 3.83. The summed E-state index contributed by atoms with van der Waals surface area (Å²) in [5.41, 5.74) is -0.458. The average Bonchev–Trinajstić information content (AvgIpc) is 3.21. The van der Waals surface area contributed by atoms with Crippen molar-refractivity contribution in [2.45, 2.75) is 19.0 Å². The first-order valence-corrected chi connectivity index (χ1v) is 7.86. The molecule has 0 atom stereocenters. The zero-order chi connectivity index (χ0) is 18.5. The van der Waals surface area contributed by atoms with Gasteiger partial charge in [0, 0.05) is 18.8 Å². The van der Waals surface area contributed by atoms with Gasteiger partial charge in [0.1, 0.15) is 11.5 Å². The summed E-state index contributed by atoms with van der Waals surface area (Å²) in [4.78, 5) is 8.21. The molecule has 26 heavy (non-hydrogen) atoms. The van der Waals surface area contributed by atoms with Crippen LogP contribution >= 0.6 is 11.6 Å². The monoisotopic (exact) mass is 384 g/mol. The third-order valence-corrected chi connectivity index (χ3v) is 4.11. The van der Waals surface area contributed by atoms with Crippen molar-refractivity contribution in [3.63, 3.8) is 0 Å². The number of nitrogens with zero attached hydrogens (tertiary/aromatic N) is 4. The normalized spacial score (nSPS) is 15.3. The number of hydrogen-bond donors (Lipinski definition) is 0. The molecule has 0 unspecified atom stereocenters. The Morgan fingerprint density at radius 2 is 2.00 bits per heavy atom. The Morgan fingerprint density at radius 3 is 2.73 bits per heavy atom. The maximum absolute atomic E-state index is 13.9. The minimum absolute atomic E-state index is 0.0485. The zero-order valence-corrected chi connectivity index (χ0v) is 13.6. The summed E-state index contributed by atoms with van der Waals surface area (Å²) >= 11 is 5.90. The first kappa shape index (κ1) is 16.8. The van der Waals surface area contributed by atoms with Crippen LogP contribution < -0.4 is 0 Å². The van der Waals surface area contributed by atoms with E-state index in [1.165, 1.54) is 6.20 Å². The molecule has 10 heteroatoms. The van der Waals surface area contributed by atoms with Crippen LogP contribution in [0.5, 0.6) is 0 Å². The molecular weight excluding hydrogens is 376 g/mol. The first-order chi connectivity index (χ1) is 12.3. The highest BCUT2D eigenvalue weighted by atomic mass is 35.5. The van der Waals surface area contributed by atoms with E-state index in [-0.39, 0.29) is 45.9 Å². The summed E-state index contributed by atoms with van der Waals surface area (Å²) in [5.74, 6) is -0.354. The van der Waals surface area contributed by atoms with Crippen LogP contribution in [0.2, 0.25) is 5.02 Å². The van der Waals surface area contributed by atoms with Crippen molar-refractivity contribution in [3.8, 4) is 11.6 Å². The van der Waals surface area contributed by atoms with Crippen molar-refractivity contribution in [1.29, 1.82) is 0 Å². The van der Waals surface area contributed by atoms with Gasteiger partial charge in [0.15, 0.2) is 5.65 Å². The van der Waals surface area contributed by atoms with E-state index in [1.54, 1.807) is 12.2 Å². The number of hydrogen-bond acceptors (Lipinski definition) is 4. The fourth-order valence-corrected chi connectivity index (χ4v) is 2.84. The van der Waals surface area contributed by atoms with E-state index in [9.17, 15) is 17.6 Å². The van der Waals surface area contributed by atoms with Gasteiger partial charge in [-0.2, -0.15) is 18.2 Å². The van der Waals surface area contributed by atoms with Crippen LogP contribution in [0.3, 0.4) is 0 Å². The second-order valence-electron chi connectivity index (χ2n) is 5.61. The highest BCUT2D eigenvalue weighted by Crippen LogP contribution is 2.33. The largest absolute Gasteiger partial charge is 0.417 e. The smallest absolute Gasteiger partial charge is 0.332 e. The van der Waals surface area contributed by atoms with E-state index >= 15 is 0 Å². The molecule has 0 radical (unpaired) electrons. The molecule has 0 aliphatic heterocycles. The Hall–Kier alpha value is -2.68. The minimum Gasteiger partial charge on any atom is -0.332 e. The molecule has 3 aromatic rings. The van der Waals surface area contributed by atoms with Gasteiger partial charge in [0.25, 0.3) is 5.89 Å². The number of pyridine rings is 1. The van der Waals surface area contributed by atoms with E-state index in [0.717, 1.165) is 16.7 Å². The van der Waals surface area contributed by atoms with Crippen molar-refractivity contribution >= 4 is 22.8 Å². The molecule has 1 aliphatic rings. The minimum atomic E-state index is -4.54. The van der Waals surface area contributed by atoms with Crippen LogP contribution in [0.1, 0.15) is 24.2 Å². The van der Waals surface area contributed by atoms with E-state index in [4.69, 9.17) is 16.1 Å². The zero-order valence-electron chi connectivity index (χ0n) is 12.9. The molecule has 0 saturated heterocycles. The van der Waals surface area contributed by atoms with E-state index in [0.29, 0.717) is 6.42 Å². The number of halogens is 5. The Balaban J connectivity index is 1.76. The molecule has 4 rings (SSSR count). The number of fused-ring (bicyclic) bond motifs is 1. The number of allylic oxidation sites excluding steroid dienone is 4. The highest BCUT2D eigenvalue weighted by Gasteiger charge is 2.32. The molecule has 0 saturated carbocycles. The molecule has 3 heterocycles. The predicted octanol–water partition coefficient (Wildman–Crippen LogP) is 5.09. The molecule has 0 N–H and O–H groups in total. The molecule has 0 fully saturated rings. The molecule has 5 nitrogen and oxygen atoms in total. The van der Waals surface area contributed by atoms with Crippen LogP contribution in [0.25, 0.3) is 22.8 Å². The first-order valence-electron chi connectivity index (χ1n) is 7.48. The quantitative estimate of drug-likeness (QED) is 0.578. The Labute approximate surface area is 148 Å². The summed E-state index contributed by atoms with van der Waals surface area (Å²) in [6.45, 7) is 0. The number of rotatable bonds is 2. The molecule has 0 spiro atoms. The molecule has 0 amide bonds. The van der Waals surface area contributed by atoms with Crippen molar-refractivity contribution < 1.29 is 22.1 Å². The van der Waals surface area contributed by atoms with Crippen LogP contribution in [-0.2, 0) is 6.18 Å². The van der Waals surface area contributed by atoms with Gasteiger partial charge in [0.05, 0.1) is 16.2 Å². The van der Waals surface area contributed by atoms with E-state index < -0.39 is 11.7 Å². The molecular formula is C16H9ClF4N4O. The van der Waals surface area contributed by atoms with E-state index in [2.05, 4.69) is 15.1 Å². The number of aromatic nitrogens is 4. The van der Waals surface area contributed by atoms with Crippen molar-refractivity contribution in [1.82, 2.24) is 19.5 Å². The summed E-state index contributed by atoms with van der Waals surface area (Å²) in [6.07, 6.45) is 1.79. The summed E-state index contributed by atoms with van der Waals surface area (Å²) in [5, 5.41) is 3.55. The third-order valence-electron chi connectivity index (χ3n) is 3.83. The molecule has 0 bridgehead atoms. The molecule has 134 valence electrons. The summed E-state index contributed by atoms with van der Waals surface area (Å²) < 4.78 is 58.8. The SMILES string of the molecule is FC1=C(c2noc(-c3cn4cc(C(F)(F)F)cc(Cl)c4n3)n2)C=CCC1. The van der Waals surface area contributed by atoms with Gasteiger partial charge in [0.2, 0.25) is 5.82 Å². The van der Waals surface area contributed by atoms with E-state index in [1.807, 2.05) is 0 Å². The second-order valence-corrected chi connectivity index (χ2v) is 6.02. The fraction of sp³-hybridized carbons (Fsp3) is 0.188. The Bertz CT molecular complexity index is 1060. The third kappa shape index (κ3) is 2.88. The molecule has 3 aromatic heterocycles. The van der Waals surface area contributed by atoms with Gasteiger partial charge in [-0.05, 0) is 12.5 Å². The predicted molar refractivity (Wildman–Crippen MR) is 84.9 cm³/mol. The van der Waals surface area contributed by atoms with Gasteiger partial charge >= 0.3 is 6.18 Å². The number of imidazole rings is 1. The van der Waals surface area contributed by atoms with Crippen molar-refractivity contribution in [3.05, 3.63) is 52.8 Å². The summed E-state index contributed by atoms with van der Waals surface area (Å²) in [6, 6.07) is 0.792. The maximum Gasteiger partial charge on any atom is 0.417 e. The lowest BCUT2D eigenvalue weighted by Gasteiger charge is -2.07. The van der Waals surface area contributed by atoms with Crippen molar-refractivity contribution in [2.75, 3.05) is 0 Å². The lowest BCUT2D eigenvalue weighted by molar-refractivity contribution is -0.137. The number of alkyl halides is 3. The topological polar surface area (TPSA) is 56.2 Å². The van der Waals surface area contributed by atoms with Gasteiger partial charge in [-0.15, -0.1) is 0 Å². The lowest BCUT2D eigenvalue weighted by atomic mass is 10.1. The van der Waals surface area contributed by atoms with Crippen LogP contribution in [0, 0.1) is 0 Å². The highest BCUT2D eigenvalue weighted by molar-refractivity contribution is 6.33. The van der Waals surface area contributed by atoms with Gasteiger partial charge in [-0.3, -0.25) is 0 Å². The van der Waals surface area contributed by atoms with Crippen LogP contribution in [0.15, 0.2) is 41.0 Å². The van der Waals surface area contributed by atoms with Crippen molar-refractivity contribution in [2.24, 2.45) is 0 Å². The molecule has 0 aromatic carbocycles. The second kappa shape index (κ2) is 5.94. The van der Waals surface area contributed by atoms with Crippen LogP contribution in [-0.4, -0.2) is 19.5 Å². The maximum atomic E-state index is 13.9. The summed E-state index contributed by atoms with van der Waals surface area (Å²) in [7, 11) is 0. The molecule has 1 aliphatic carbocycles. The lowest BCUT2D eigenvalue weighted by Crippen LogP contribution is -2.06. The Morgan fingerprint density at radius 1 is 1.19 bits per heavy atom. The fourth-order valence-electron chi connectivity index (χ4n) is 2.58. The van der Waals surface area contributed by atoms with Gasteiger partial charge in [-0.1, -0.05) is 28.9 Å². The standard InChI is InChI=1S/C16H9ClF4N4O/c17-10-5-8(16(19,20)21)6-25-7-12(22-14(10)25)15-23-13(24-26-15)9-3-1-2-4-11(9)18/h1,3,5-7H,2,4H2. The van der Waals surface area contributed by atoms with Gasteiger partial charge in [-0.25, -0.2) is 9.37 Å².